The van der Waals surface area contributed by atoms with Crippen molar-refractivity contribution < 1.29 is 19.1 Å². The van der Waals surface area contributed by atoms with Gasteiger partial charge < -0.3 is 24.9 Å². The third-order valence-electron chi connectivity index (χ3n) is 4.26. The van der Waals surface area contributed by atoms with Crippen molar-refractivity contribution in [2.75, 3.05) is 30.1 Å². The topological polar surface area (TPSA) is 123 Å². The van der Waals surface area contributed by atoms with Crippen LogP contribution in [-0.2, 0) is 4.18 Å². The molecule has 9 heteroatoms. The number of nitrogen functional groups attached to an aromatic ring is 1. The smallest absolute Gasteiger partial charge is 0.355 e. The highest BCUT2D eigenvalue weighted by Gasteiger charge is 2.52. The normalized spacial score (nSPS) is 28.9. The molecular formula is C14H26N3O5S+. The second-order valence-electron chi connectivity index (χ2n) is 5.67. The lowest BCUT2D eigenvalue weighted by Crippen LogP contribution is -2.39. The van der Waals surface area contributed by atoms with Crippen LogP contribution in [0.3, 0.4) is 0 Å². The van der Waals surface area contributed by atoms with Crippen molar-refractivity contribution in [3.05, 3.63) is 22.7 Å². The Morgan fingerprint density at radius 1 is 1.48 bits per heavy atom. The van der Waals surface area contributed by atoms with Gasteiger partial charge in [0.1, 0.15) is 12.4 Å². The average molecular weight is 348 g/mol. The maximum Gasteiger partial charge on any atom is 0.355 e. The first-order chi connectivity index (χ1) is 10.8. The van der Waals surface area contributed by atoms with Crippen LogP contribution >= 0.6 is 10.3 Å². The fraction of sp³-hybridized carbons (Fsp3) is 0.714. The molecule has 132 valence electrons. The maximum absolute atomic E-state index is 12.1. The van der Waals surface area contributed by atoms with Gasteiger partial charge in [-0.15, -0.1) is 10.3 Å². The molecule has 1 aromatic rings. The zero-order chi connectivity index (χ0) is 17.2. The van der Waals surface area contributed by atoms with Crippen molar-refractivity contribution in [3.63, 3.8) is 0 Å². The van der Waals surface area contributed by atoms with E-state index in [9.17, 15) is 15.0 Å². The molecule has 2 heterocycles. The fourth-order valence-corrected chi connectivity index (χ4v) is 3.92. The van der Waals surface area contributed by atoms with Gasteiger partial charge in [0.2, 0.25) is 6.10 Å². The van der Waals surface area contributed by atoms with E-state index < -0.39 is 40.5 Å². The number of nitrogens with zero attached hydrogens (tertiary/aromatic N) is 2. The number of anilines is 1. The summed E-state index contributed by atoms with van der Waals surface area (Å²) in [5.41, 5.74) is 4.96. The molecule has 0 aliphatic carbocycles. The average Bonchev–Trinajstić information content (AvgIpc) is 2.83. The summed E-state index contributed by atoms with van der Waals surface area (Å²) in [6.45, 7) is 3.76. The van der Waals surface area contributed by atoms with Crippen LogP contribution in [0.25, 0.3) is 0 Å². The number of hydrogen-bond acceptors (Lipinski definition) is 6. The molecule has 1 saturated heterocycles. The Kier molecular flexibility index (Phi) is 5.69. The molecule has 1 aliphatic heterocycles. The third kappa shape index (κ3) is 3.69. The standard InChI is InChI=1S/C14H25N3O5S/c1-4-23(3,5-2)22-12-11(19)9(8-18)21-13(12)17-7-6-10(15)16-14(17)20/h6-7,9,11-13,18-19H,4-5,8H2,1-3H3,(H2,15,16,20)/p+1. The first kappa shape index (κ1) is 18.2. The van der Waals surface area contributed by atoms with E-state index in [1.165, 1.54) is 16.8 Å². The van der Waals surface area contributed by atoms with Crippen molar-refractivity contribution in [3.8, 4) is 0 Å². The highest BCUT2D eigenvalue weighted by Crippen LogP contribution is 2.48. The van der Waals surface area contributed by atoms with E-state index in [1.807, 2.05) is 20.1 Å². The third-order valence-corrected chi connectivity index (χ3v) is 7.39. The zero-order valence-corrected chi connectivity index (χ0v) is 14.4. The van der Waals surface area contributed by atoms with Crippen LogP contribution in [-0.4, -0.2) is 67.2 Å². The predicted molar refractivity (Wildman–Crippen MR) is 90.5 cm³/mol. The number of aliphatic hydroxyl groups excluding tert-OH is 2. The van der Waals surface area contributed by atoms with Crippen molar-refractivity contribution in [2.24, 2.45) is 0 Å². The maximum atomic E-state index is 12.1. The van der Waals surface area contributed by atoms with Gasteiger partial charge >= 0.3 is 5.69 Å². The predicted octanol–water partition coefficient (Wildman–Crippen LogP) is -0.638. The quantitative estimate of drug-likeness (QED) is 0.588. The van der Waals surface area contributed by atoms with Gasteiger partial charge in [0.05, 0.1) is 0 Å². The molecule has 0 aromatic carbocycles. The van der Waals surface area contributed by atoms with Gasteiger partial charge in [-0.05, 0) is 23.8 Å². The minimum absolute atomic E-state index is 0.124. The van der Waals surface area contributed by atoms with Gasteiger partial charge in [-0.3, -0.25) is 0 Å². The van der Waals surface area contributed by atoms with E-state index >= 15 is 0 Å². The van der Waals surface area contributed by atoms with E-state index in [-0.39, 0.29) is 12.4 Å². The number of rotatable bonds is 6. The lowest BCUT2D eigenvalue weighted by molar-refractivity contribution is -0.182. The Bertz CT molecular complexity index is 592. The molecule has 0 spiro atoms. The van der Waals surface area contributed by atoms with Gasteiger partial charge in [-0.25, -0.2) is 9.36 Å². The SMILES string of the molecule is CCS(C)(CC)OC1C(O)C(CO)[OH+]C1n1ccc(N)nc1=O. The lowest BCUT2D eigenvalue weighted by Gasteiger charge is -2.36. The van der Waals surface area contributed by atoms with Crippen LogP contribution in [0.4, 0.5) is 5.82 Å². The summed E-state index contributed by atoms with van der Waals surface area (Å²) in [5, 5.41) is 19.9. The molecule has 23 heavy (non-hydrogen) atoms. The summed E-state index contributed by atoms with van der Waals surface area (Å²) in [6.07, 6.45) is 0.438. The highest BCUT2D eigenvalue weighted by molar-refractivity contribution is 8.29. The summed E-state index contributed by atoms with van der Waals surface area (Å²) >= 11 is 0. The van der Waals surface area contributed by atoms with Crippen molar-refractivity contribution in [1.29, 1.82) is 0 Å². The summed E-state index contributed by atoms with van der Waals surface area (Å²) in [5.74, 6) is 1.79. The van der Waals surface area contributed by atoms with E-state index in [0.717, 1.165) is 11.5 Å². The molecule has 5 N–H and O–H groups in total. The molecule has 1 aromatic heterocycles. The minimum Gasteiger partial charge on any atom is -0.407 e. The summed E-state index contributed by atoms with van der Waals surface area (Å²) < 4.78 is 11.9. The van der Waals surface area contributed by atoms with Gasteiger partial charge in [0.25, 0.3) is 6.23 Å². The molecule has 4 atom stereocenters. The van der Waals surface area contributed by atoms with Crippen LogP contribution in [0.5, 0.6) is 0 Å². The van der Waals surface area contributed by atoms with E-state index in [2.05, 4.69) is 9.72 Å². The minimum atomic E-state index is -1.39. The second-order valence-corrected chi connectivity index (χ2v) is 9.38. The first-order valence-corrected chi connectivity index (χ1v) is 9.91. The van der Waals surface area contributed by atoms with Crippen molar-refractivity contribution in [2.45, 2.75) is 38.4 Å². The zero-order valence-electron chi connectivity index (χ0n) is 13.6. The Balaban J connectivity index is 2.36. The van der Waals surface area contributed by atoms with E-state index in [4.69, 9.17) is 9.92 Å². The largest absolute Gasteiger partial charge is 0.407 e. The summed E-state index contributed by atoms with van der Waals surface area (Å²) in [7, 11) is -1.39. The Morgan fingerprint density at radius 2 is 2.13 bits per heavy atom. The van der Waals surface area contributed by atoms with Gasteiger partial charge in [0.15, 0.2) is 12.2 Å². The Labute approximate surface area is 136 Å². The molecule has 0 bridgehead atoms. The molecule has 4 unspecified atom stereocenters. The molecule has 8 nitrogen and oxygen atoms in total. The van der Waals surface area contributed by atoms with Crippen molar-refractivity contribution in [1.82, 2.24) is 9.55 Å². The Morgan fingerprint density at radius 3 is 2.65 bits per heavy atom. The van der Waals surface area contributed by atoms with Crippen LogP contribution < -0.4 is 11.4 Å². The van der Waals surface area contributed by atoms with Gasteiger partial charge in [-0.1, -0.05) is 13.8 Å². The molecular weight excluding hydrogens is 322 g/mol. The summed E-state index contributed by atoms with van der Waals surface area (Å²) in [6, 6.07) is 1.50. The Hall–Kier alpha value is -1.13. The summed E-state index contributed by atoms with van der Waals surface area (Å²) in [4.78, 5) is 15.8. The number of hydrogen-bond donors (Lipinski definition) is 3. The highest BCUT2D eigenvalue weighted by atomic mass is 32.3. The first-order valence-electron chi connectivity index (χ1n) is 7.60. The van der Waals surface area contributed by atoms with Crippen LogP contribution in [0.1, 0.15) is 20.1 Å². The van der Waals surface area contributed by atoms with Crippen LogP contribution in [0.15, 0.2) is 17.1 Å². The number of aromatic nitrogens is 2. The number of nitrogens with two attached hydrogens (primary N) is 1. The molecule has 0 radical (unpaired) electrons. The van der Waals surface area contributed by atoms with E-state index in [1.54, 1.807) is 0 Å². The molecule has 2 rings (SSSR count). The number of ether oxygens (including phenoxy) is 1. The van der Waals surface area contributed by atoms with Gasteiger partial charge in [-0.2, -0.15) is 4.98 Å². The van der Waals surface area contributed by atoms with Gasteiger partial charge in [0, 0.05) is 6.20 Å². The second kappa shape index (κ2) is 7.18. The monoisotopic (exact) mass is 348 g/mol. The van der Waals surface area contributed by atoms with Crippen LogP contribution in [0.2, 0.25) is 0 Å². The fourth-order valence-electron chi connectivity index (χ4n) is 2.49. The molecule has 0 amide bonds. The molecule has 1 fully saturated rings. The number of aliphatic hydroxyl groups is 4. The van der Waals surface area contributed by atoms with E-state index in [0.29, 0.717) is 0 Å². The molecule has 0 saturated carbocycles. The molecule has 1 aliphatic rings. The van der Waals surface area contributed by atoms with Crippen LogP contribution in [0, 0.1) is 0 Å². The van der Waals surface area contributed by atoms with Crippen molar-refractivity contribution >= 4 is 16.1 Å². The lowest BCUT2D eigenvalue weighted by atomic mass is 10.1.